The van der Waals surface area contributed by atoms with Crippen LogP contribution in [0.4, 0.5) is 0 Å². The Hall–Kier alpha value is -1.89. The van der Waals surface area contributed by atoms with Crippen molar-refractivity contribution in [2.75, 3.05) is 0 Å². The lowest BCUT2D eigenvalue weighted by Crippen LogP contribution is -2.36. The van der Waals surface area contributed by atoms with E-state index in [1.54, 1.807) is 0 Å². The van der Waals surface area contributed by atoms with E-state index in [0.717, 1.165) is 18.7 Å². The molecule has 0 saturated carbocycles. The summed E-state index contributed by atoms with van der Waals surface area (Å²) in [5.41, 5.74) is 1.15. The molecule has 0 N–H and O–H groups in total. The van der Waals surface area contributed by atoms with Crippen LogP contribution in [-0.4, -0.2) is 0 Å². The normalized spacial score (nSPS) is 10.2. The Bertz CT molecular complexity index is 526. The summed E-state index contributed by atoms with van der Waals surface area (Å²) in [5, 5.41) is 2.52. The number of hydrogen-bond acceptors (Lipinski definition) is 0. The van der Waals surface area contributed by atoms with E-state index in [-0.39, 0.29) is 0 Å². The molecular formula is C15H16N+. The first kappa shape index (κ1) is 10.6. The second-order valence-corrected chi connectivity index (χ2v) is 3.80. The van der Waals surface area contributed by atoms with Crippen LogP contribution in [-0.2, 0) is 6.54 Å². The highest BCUT2D eigenvalue weighted by Gasteiger charge is 2.08. The molecule has 0 aliphatic carbocycles. The first-order valence-corrected chi connectivity index (χ1v) is 5.50. The van der Waals surface area contributed by atoms with Gasteiger partial charge in [-0.3, -0.25) is 0 Å². The maximum absolute atomic E-state index is 3.86. The Balaban J connectivity index is 2.53. The van der Waals surface area contributed by atoms with Gasteiger partial charge in [-0.05, 0) is 11.5 Å². The van der Waals surface area contributed by atoms with Crippen LogP contribution in [0.25, 0.3) is 16.8 Å². The van der Waals surface area contributed by atoms with Crippen molar-refractivity contribution >= 4 is 16.8 Å². The number of fused-ring (bicyclic) bond motifs is 1. The molecule has 0 saturated heterocycles. The standard InChI is InChI=1S/C15H16N/c1-3-5-10-16-12-14-9-7-6-8-13(14)11-15(16)4-2/h3-4,6-9,11-12H,1-2,5,10H2/q+1. The van der Waals surface area contributed by atoms with Crippen LogP contribution < -0.4 is 4.57 Å². The van der Waals surface area contributed by atoms with E-state index in [1.165, 1.54) is 10.8 Å². The van der Waals surface area contributed by atoms with E-state index in [0.29, 0.717) is 0 Å². The lowest BCUT2D eigenvalue weighted by Gasteiger charge is -2.02. The molecule has 1 nitrogen and oxygen atoms in total. The molecule has 1 aromatic heterocycles. The van der Waals surface area contributed by atoms with Gasteiger partial charge in [-0.15, -0.1) is 6.58 Å². The van der Waals surface area contributed by atoms with Gasteiger partial charge < -0.3 is 0 Å². The minimum atomic E-state index is 0.954. The highest BCUT2D eigenvalue weighted by atomic mass is 14.9. The molecule has 1 heterocycles. The van der Waals surface area contributed by atoms with Gasteiger partial charge in [0.15, 0.2) is 12.7 Å². The number of aromatic nitrogens is 1. The molecule has 1 aromatic carbocycles. The molecule has 0 atom stereocenters. The predicted molar refractivity (Wildman–Crippen MR) is 69.0 cm³/mol. The summed E-state index contributed by atoms with van der Waals surface area (Å²) in [6, 6.07) is 10.6. The molecule has 1 heteroatoms. The second-order valence-electron chi connectivity index (χ2n) is 3.80. The van der Waals surface area contributed by atoms with Crippen LogP contribution in [0, 0.1) is 0 Å². The summed E-state index contributed by atoms with van der Waals surface area (Å²) in [6.45, 7) is 8.57. The van der Waals surface area contributed by atoms with Crippen molar-refractivity contribution in [1.82, 2.24) is 0 Å². The first-order valence-electron chi connectivity index (χ1n) is 5.50. The Labute approximate surface area is 96.4 Å². The van der Waals surface area contributed by atoms with E-state index in [2.05, 4.69) is 54.3 Å². The monoisotopic (exact) mass is 210 g/mol. The average molecular weight is 210 g/mol. The summed E-state index contributed by atoms with van der Waals surface area (Å²) in [7, 11) is 0. The zero-order valence-electron chi connectivity index (χ0n) is 9.39. The number of rotatable bonds is 4. The van der Waals surface area contributed by atoms with Gasteiger partial charge in [-0.2, -0.15) is 4.57 Å². The quantitative estimate of drug-likeness (QED) is 0.538. The van der Waals surface area contributed by atoms with Crippen LogP contribution in [0.3, 0.4) is 0 Å². The molecule has 0 radical (unpaired) electrons. The van der Waals surface area contributed by atoms with Crippen LogP contribution in [0.1, 0.15) is 12.1 Å². The number of nitrogens with zero attached hydrogens (tertiary/aromatic N) is 1. The third kappa shape index (κ3) is 2.03. The molecule has 0 unspecified atom stereocenters. The smallest absolute Gasteiger partial charge is 0.198 e. The summed E-state index contributed by atoms with van der Waals surface area (Å²) >= 11 is 0. The van der Waals surface area contributed by atoms with Gasteiger partial charge in [0.1, 0.15) is 0 Å². The number of pyridine rings is 1. The topological polar surface area (TPSA) is 3.88 Å². The van der Waals surface area contributed by atoms with Crippen molar-refractivity contribution < 1.29 is 4.57 Å². The first-order chi connectivity index (χ1) is 7.85. The third-order valence-electron chi connectivity index (χ3n) is 2.71. The number of allylic oxidation sites excluding steroid dienone is 1. The fourth-order valence-electron chi connectivity index (χ4n) is 1.84. The van der Waals surface area contributed by atoms with E-state index in [1.807, 2.05) is 12.2 Å². The molecule has 0 spiro atoms. The molecule has 0 aliphatic rings. The Morgan fingerprint density at radius 1 is 1.12 bits per heavy atom. The molecule has 0 fully saturated rings. The van der Waals surface area contributed by atoms with Crippen molar-refractivity contribution in [3.8, 4) is 0 Å². The van der Waals surface area contributed by atoms with Gasteiger partial charge >= 0.3 is 0 Å². The maximum Gasteiger partial charge on any atom is 0.205 e. The fourth-order valence-corrected chi connectivity index (χ4v) is 1.84. The summed E-state index contributed by atoms with van der Waals surface area (Å²) < 4.78 is 2.22. The highest BCUT2D eigenvalue weighted by Crippen LogP contribution is 2.13. The van der Waals surface area contributed by atoms with Crippen molar-refractivity contribution in [1.29, 1.82) is 0 Å². The van der Waals surface area contributed by atoms with E-state index in [4.69, 9.17) is 0 Å². The Morgan fingerprint density at radius 2 is 1.88 bits per heavy atom. The molecule has 16 heavy (non-hydrogen) atoms. The number of hydrogen-bond donors (Lipinski definition) is 0. The van der Waals surface area contributed by atoms with Crippen LogP contribution in [0.15, 0.2) is 55.8 Å². The van der Waals surface area contributed by atoms with E-state index < -0.39 is 0 Å². The van der Waals surface area contributed by atoms with Gasteiger partial charge in [-0.1, -0.05) is 30.9 Å². The van der Waals surface area contributed by atoms with Gasteiger partial charge in [0, 0.05) is 23.9 Å². The van der Waals surface area contributed by atoms with Gasteiger partial charge in [0.25, 0.3) is 0 Å². The van der Waals surface area contributed by atoms with Crippen molar-refractivity contribution in [2.24, 2.45) is 0 Å². The van der Waals surface area contributed by atoms with Gasteiger partial charge in [-0.25, -0.2) is 0 Å². The Kier molecular flexibility index (Phi) is 3.16. The van der Waals surface area contributed by atoms with Crippen LogP contribution in [0.2, 0.25) is 0 Å². The van der Waals surface area contributed by atoms with E-state index >= 15 is 0 Å². The van der Waals surface area contributed by atoms with Crippen molar-refractivity contribution in [3.05, 3.63) is 61.5 Å². The van der Waals surface area contributed by atoms with Gasteiger partial charge in [0.2, 0.25) is 5.69 Å². The fraction of sp³-hybridized carbons (Fsp3) is 0.133. The largest absolute Gasteiger partial charge is 0.205 e. The Morgan fingerprint density at radius 3 is 2.56 bits per heavy atom. The van der Waals surface area contributed by atoms with Gasteiger partial charge in [0.05, 0.1) is 0 Å². The molecule has 0 bridgehead atoms. The zero-order chi connectivity index (χ0) is 11.4. The molecule has 2 aromatic rings. The van der Waals surface area contributed by atoms with Crippen molar-refractivity contribution in [3.63, 3.8) is 0 Å². The lowest BCUT2D eigenvalue weighted by atomic mass is 10.1. The molecule has 0 aliphatic heterocycles. The average Bonchev–Trinajstić information content (AvgIpc) is 2.35. The lowest BCUT2D eigenvalue weighted by molar-refractivity contribution is -0.696. The van der Waals surface area contributed by atoms with Crippen LogP contribution >= 0.6 is 0 Å². The molecule has 2 rings (SSSR count). The summed E-state index contributed by atoms with van der Waals surface area (Å²) in [4.78, 5) is 0. The summed E-state index contributed by atoms with van der Waals surface area (Å²) in [5.74, 6) is 0. The predicted octanol–water partition coefficient (Wildman–Crippen LogP) is 3.35. The second kappa shape index (κ2) is 4.75. The van der Waals surface area contributed by atoms with E-state index in [9.17, 15) is 0 Å². The number of aryl methyl sites for hydroxylation is 1. The number of benzene rings is 1. The van der Waals surface area contributed by atoms with Crippen molar-refractivity contribution in [2.45, 2.75) is 13.0 Å². The maximum atomic E-state index is 3.86. The minimum Gasteiger partial charge on any atom is -0.198 e. The minimum absolute atomic E-state index is 0.954. The molecule has 80 valence electrons. The third-order valence-corrected chi connectivity index (χ3v) is 2.71. The zero-order valence-corrected chi connectivity index (χ0v) is 9.39. The molecular weight excluding hydrogens is 194 g/mol. The molecule has 0 amide bonds. The highest BCUT2D eigenvalue weighted by molar-refractivity contribution is 5.81. The summed E-state index contributed by atoms with van der Waals surface area (Å²) in [6.07, 6.45) is 6.99. The van der Waals surface area contributed by atoms with Crippen LogP contribution in [0.5, 0.6) is 0 Å². The SMILES string of the molecule is C=CCC[n+]1cc2ccccc2cc1C=C.